The van der Waals surface area contributed by atoms with E-state index in [1.165, 1.54) is 35.2 Å². The monoisotopic (exact) mass is 310 g/mol. The molecule has 0 aromatic heterocycles. The molecule has 0 spiro atoms. The Kier molecular flexibility index (Phi) is 2.81. The SMILES string of the molecule is O=C1NC(=O)c2cc(C(=O)N3CCc4ccc(F)cc43)ccc21. The van der Waals surface area contributed by atoms with Gasteiger partial charge in [0.05, 0.1) is 16.8 Å². The molecule has 0 radical (unpaired) electrons. The van der Waals surface area contributed by atoms with E-state index >= 15 is 0 Å². The van der Waals surface area contributed by atoms with Crippen molar-refractivity contribution in [3.8, 4) is 0 Å². The number of nitrogens with zero attached hydrogens (tertiary/aromatic N) is 1. The van der Waals surface area contributed by atoms with Gasteiger partial charge in [-0.15, -0.1) is 0 Å². The van der Waals surface area contributed by atoms with Crippen LogP contribution in [0, 0.1) is 5.82 Å². The average Bonchev–Trinajstić information content (AvgIpc) is 3.07. The molecule has 6 heteroatoms. The van der Waals surface area contributed by atoms with Gasteiger partial charge in [0, 0.05) is 12.1 Å². The van der Waals surface area contributed by atoms with Gasteiger partial charge in [-0.1, -0.05) is 6.07 Å². The van der Waals surface area contributed by atoms with Gasteiger partial charge in [0.15, 0.2) is 0 Å². The fraction of sp³-hybridized carbons (Fsp3) is 0.118. The molecule has 2 heterocycles. The summed E-state index contributed by atoms with van der Waals surface area (Å²) in [4.78, 5) is 37.4. The molecule has 114 valence electrons. The molecule has 4 rings (SSSR count). The van der Waals surface area contributed by atoms with Crippen LogP contribution in [0.3, 0.4) is 0 Å². The summed E-state index contributed by atoms with van der Waals surface area (Å²) in [5.74, 6) is -1.68. The second-order valence-corrected chi connectivity index (χ2v) is 5.52. The lowest BCUT2D eigenvalue weighted by atomic mass is 10.0. The predicted octanol–water partition coefficient (Wildman–Crippen LogP) is 1.91. The second kappa shape index (κ2) is 4.74. The highest BCUT2D eigenvalue weighted by Crippen LogP contribution is 2.30. The first-order valence-electron chi connectivity index (χ1n) is 7.14. The number of hydrogen-bond donors (Lipinski definition) is 1. The minimum atomic E-state index is -0.507. The van der Waals surface area contributed by atoms with Gasteiger partial charge in [-0.2, -0.15) is 0 Å². The molecule has 2 aromatic carbocycles. The molecule has 5 nitrogen and oxygen atoms in total. The number of amides is 3. The third kappa shape index (κ3) is 2.03. The van der Waals surface area contributed by atoms with Gasteiger partial charge in [0.2, 0.25) is 0 Å². The molecule has 23 heavy (non-hydrogen) atoms. The number of imide groups is 1. The molecule has 2 aliphatic rings. The Morgan fingerprint density at radius 2 is 1.83 bits per heavy atom. The molecule has 2 aromatic rings. The standard InChI is InChI=1S/C17H11FN2O3/c18-11-3-1-9-5-6-20(14(9)8-11)17(23)10-2-4-12-13(7-10)16(22)19-15(12)21/h1-4,7-8H,5-6H2,(H,19,21,22). The number of carbonyl (C=O) groups excluding carboxylic acids is 3. The molecule has 3 amide bonds. The van der Waals surface area contributed by atoms with Crippen LogP contribution < -0.4 is 10.2 Å². The molecule has 0 saturated heterocycles. The zero-order chi connectivity index (χ0) is 16.1. The van der Waals surface area contributed by atoms with Crippen molar-refractivity contribution in [3.63, 3.8) is 0 Å². The summed E-state index contributed by atoms with van der Waals surface area (Å²) in [5.41, 5.74) is 2.22. The molecular formula is C17H11FN2O3. The molecular weight excluding hydrogens is 299 g/mol. The van der Waals surface area contributed by atoms with E-state index in [0.717, 1.165) is 5.56 Å². The first kappa shape index (κ1) is 13.6. The summed E-state index contributed by atoms with van der Waals surface area (Å²) < 4.78 is 13.4. The topological polar surface area (TPSA) is 66.5 Å². The van der Waals surface area contributed by atoms with E-state index in [1.807, 2.05) is 0 Å². The van der Waals surface area contributed by atoms with Gasteiger partial charge >= 0.3 is 0 Å². The van der Waals surface area contributed by atoms with Crippen molar-refractivity contribution in [1.82, 2.24) is 5.32 Å². The lowest BCUT2D eigenvalue weighted by molar-refractivity contribution is 0.0879. The van der Waals surface area contributed by atoms with Crippen LogP contribution in [0.2, 0.25) is 0 Å². The summed E-state index contributed by atoms with van der Waals surface area (Å²) in [7, 11) is 0. The van der Waals surface area contributed by atoms with Crippen molar-refractivity contribution in [3.05, 3.63) is 64.5 Å². The van der Waals surface area contributed by atoms with Crippen LogP contribution >= 0.6 is 0 Å². The van der Waals surface area contributed by atoms with Crippen LogP contribution in [0.1, 0.15) is 36.6 Å². The van der Waals surface area contributed by atoms with Crippen LogP contribution in [-0.2, 0) is 6.42 Å². The first-order chi connectivity index (χ1) is 11.0. The summed E-state index contributed by atoms with van der Waals surface area (Å²) >= 11 is 0. The van der Waals surface area contributed by atoms with Gasteiger partial charge in [0.25, 0.3) is 17.7 Å². The number of nitrogens with one attached hydrogen (secondary N) is 1. The summed E-state index contributed by atoms with van der Waals surface area (Å²) in [5, 5.41) is 2.19. The van der Waals surface area contributed by atoms with Gasteiger partial charge < -0.3 is 4.90 Å². The maximum atomic E-state index is 13.4. The van der Waals surface area contributed by atoms with Crippen molar-refractivity contribution in [2.45, 2.75) is 6.42 Å². The number of rotatable bonds is 1. The number of fused-ring (bicyclic) bond motifs is 2. The van der Waals surface area contributed by atoms with E-state index < -0.39 is 17.6 Å². The molecule has 0 unspecified atom stereocenters. The van der Waals surface area contributed by atoms with E-state index in [0.29, 0.717) is 24.2 Å². The van der Waals surface area contributed by atoms with Gasteiger partial charge in [-0.3, -0.25) is 19.7 Å². The molecule has 1 N–H and O–H groups in total. The van der Waals surface area contributed by atoms with Gasteiger partial charge in [0.1, 0.15) is 5.82 Å². The third-order valence-electron chi connectivity index (χ3n) is 4.17. The van der Waals surface area contributed by atoms with Crippen LogP contribution in [0.15, 0.2) is 36.4 Å². The smallest absolute Gasteiger partial charge is 0.258 e. The van der Waals surface area contributed by atoms with Gasteiger partial charge in [-0.25, -0.2) is 4.39 Å². The molecule has 0 atom stereocenters. The summed E-state index contributed by atoms with van der Waals surface area (Å²) in [6.07, 6.45) is 0.658. The summed E-state index contributed by atoms with van der Waals surface area (Å²) in [6, 6.07) is 8.77. The van der Waals surface area contributed by atoms with Crippen LogP contribution in [0.5, 0.6) is 0 Å². The highest BCUT2D eigenvalue weighted by atomic mass is 19.1. The number of hydrogen-bond acceptors (Lipinski definition) is 3. The van der Waals surface area contributed by atoms with Crippen molar-refractivity contribution in [2.75, 3.05) is 11.4 Å². The highest BCUT2D eigenvalue weighted by Gasteiger charge is 2.30. The Labute approximate surface area is 130 Å². The number of carbonyl (C=O) groups is 3. The first-order valence-corrected chi connectivity index (χ1v) is 7.14. The third-order valence-corrected chi connectivity index (χ3v) is 4.17. The average molecular weight is 310 g/mol. The van der Waals surface area contributed by atoms with E-state index in [1.54, 1.807) is 6.07 Å². The fourth-order valence-corrected chi connectivity index (χ4v) is 3.02. The quantitative estimate of drug-likeness (QED) is 0.818. The lowest BCUT2D eigenvalue weighted by Gasteiger charge is -2.17. The number of benzene rings is 2. The molecule has 0 bridgehead atoms. The molecule has 0 saturated carbocycles. The second-order valence-electron chi connectivity index (χ2n) is 5.52. The fourth-order valence-electron chi connectivity index (χ4n) is 3.02. The van der Waals surface area contributed by atoms with Crippen LogP contribution in [0.25, 0.3) is 0 Å². The molecule has 0 aliphatic carbocycles. The minimum Gasteiger partial charge on any atom is -0.308 e. The Bertz CT molecular complexity index is 891. The van der Waals surface area contributed by atoms with Crippen molar-refractivity contribution < 1.29 is 18.8 Å². The minimum absolute atomic E-state index is 0.194. The summed E-state index contributed by atoms with van der Waals surface area (Å²) in [6.45, 7) is 0.458. The largest absolute Gasteiger partial charge is 0.308 e. The normalized spacial score (nSPS) is 15.4. The predicted molar refractivity (Wildman–Crippen MR) is 80.0 cm³/mol. The van der Waals surface area contributed by atoms with E-state index in [9.17, 15) is 18.8 Å². The van der Waals surface area contributed by atoms with E-state index in [4.69, 9.17) is 0 Å². The maximum Gasteiger partial charge on any atom is 0.258 e. The van der Waals surface area contributed by atoms with E-state index in [2.05, 4.69) is 5.32 Å². The van der Waals surface area contributed by atoms with Crippen molar-refractivity contribution >= 4 is 23.4 Å². The zero-order valence-electron chi connectivity index (χ0n) is 11.9. The van der Waals surface area contributed by atoms with E-state index in [-0.39, 0.29) is 17.0 Å². The lowest BCUT2D eigenvalue weighted by Crippen LogP contribution is -2.29. The zero-order valence-corrected chi connectivity index (χ0v) is 11.9. The maximum absolute atomic E-state index is 13.4. The molecule has 2 aliphatic heterocycles. The Hall–Kier alpha value is -3.02. The number of halogens is 1. The Morgan fingerprint density at radius 1 is 1.04 bits per heavy atom. The van der Waals surface area contributed by atoms with Crippen molar-refractivity contribution in [2.24, 2.45) is 0 Å². The van der Waals surface area contributed by atoms with Crippen LogP contribution in [0.4, 0.5) is 10.1 Å². The molecule has 0 fully saturated rings. The number of anilines is 1. The Morgan fingerprint density at radius 3 is 2.65 bits per heavy atom. The van der Waals surface area contributed by atoms with Gasteiger partial charge in [-0.05, 0) is 42.3 Å². The van der Waals surface area contributed by atoms with Crippen LogP contribution in [-0.4, -0.2) is 24.3 Å². The van der Waals surface area contributed by atoms with Crippen molar-refractivity contribution in [1.29, 1.82) is 0 Å². The highest BCUT2D eigenvalue weighted by molar-refractivity contribution is 6.22. The Balaban J connectivity index is 1.72.